The minimum atomic E-state index is -0.310. The molecule has 1 aromatic rings. The van der Waals surface area contributed by atoms with Crippen LogP contribution < -0.4 is 4.74 Å². The third-order valence-corrected chi connectivity index (χ3v) is 4.08. The first-order valence-electron chi connectivity index (χ1n) is 6.29. The number of methoxy groups -OCH3 is 1. The number of rotatable bonds is 4. The molecule has 1 fully saturated rings. The van der Waals surface area contributed by atoms with Crippen molar-refractivity contribution in [3.05, 3.63) is 27.6 Å². The van der Waals surface area contributed by atoms with Gasteiger partial charge in [-0.2, -0.15) is 0 Å². The number of nitrogens with zero attached hydrogens (tertiary/aromatic N) is 1. The van der Waals surface area contributed by atoms with E-state index in [1.165, 1.54) is 18.1 Å². The lowest BCUT2D eigenvalue weighted by Crippen LogP contribution is -2.28. The summed E-state index contributed by atoms with van der Waals surface area (Å²) in [7, 11) is 1.41. The van der Waals surface area contributed by atoms with Gasteiger partial charge < -0.3 is 9.84 Å². The largest absolute Gasteiger partial charge is 0.503 e. The summed E-state index contributed by atoms with van der Waals surface area (Å²) in [5.41, 5.74) is 0.580. The number of imide groups is 1. The molecule has 7 heteroatoms. The molecule has 2 amide bonds. The molecular weight excluding hydrogens is 314 g/mol. The first-order chi connectivity index (χ1) is 9.97. The SMILES string of the molecule is CCCN1C(=O)S/C(=C/c2cc(Cl)c(O)c(OC)c2)C1=O. The van der Waals surface area contributed by atoms with Gasteiger partial charge in [-0.1, -0.05) is 18.5 Å². The number of amides is 2. The molecule has 0 aliphatic carbocycles. The van der Waals surface area contributed by atoms with Gasteiger partial charge in [-0.25, -0.2) is 0 Å². The van der Waals surface area contributed by atoms with Crippen LogP contribution in [0.5, 0.6) is 11.5 Å². The van der Waals surface area contributed by atoms with Crippen molar-refractivity contribution in [1.29, 1.82) is 0 Å². The van der Waals surface area contributed by atoms with E-state index in [9.17, 15) is 14.7 Å². The zero-order chi connectivity index (χ0) is 15.6. The van der Waals surface area contributed by atoms with Gasteiger partial charge in [0.15, 0.2) is 11.5 Å². The molecule has 1 aliphatic rings. The van der Waals surface area contributed by atoms with E-state index in [0.29, 0.717) is 23.4 Å². The molecule has 5 nitrogen and oxygen atoms in total. The van der Waals surface area contributed by atoms with Crippen LogP contribution in [0.2, 0.25) is 5.02 Å². The van der Waals surface area contributed by atoms with Gasteiger partial charge in [0.05, 0.1) is 17.0 Å². The Labute approximate surface area is 131 Å². The summed E-state index contributed by atoms with van der Waals surface area (Å²) >= 11 is 6.79. The lowest BCUT2D eigenvalue weighted by molar-refractivity contribution is -0.122. The Hall–Kier alpha value is -1.66. The second-order valence-electron chi connectivity index (χ2n) is 4.39. The van der Waals surface area contributed by atoms with Gasteiger partial charge in [0.25, 0.3) is 11.1 Å². The summed E-state index contributed by atoms with van der Waals surface area (Å²) in [6, 6.07) is 3.06. The maximum Gasteiger partial charge on any atom is 0.293 e. The van der Waals surface area contributed by atoms with Gasteiger partial charge in [0.1, 0.15) is 0 Å². The number of carbonyl (C=O) groups is 2. The molecule has 1 heterocycles. The molecular formula is C14H14ClNO4S. The van der Waals surface area contributed by atoms with E-state index < -0.39 is 0 Å². The fourth-order valence-corrected chi connectivity index (χ4v) is 2.98. The summed E-state index contributed by atoms with van der Waals surface area (Å²) in [5, 5.41) is 9.52. The Morgan fingerprint density at radius 3 is 2.76 bits per heavy atom. The molecule has 0 saturated carbocycles. The molecule has 1 N–H and O–H groups in total. The van der Waals surface area contributed by atoms with E-state index in [-0.39, 0.29) is 27.7 Å². The number of hydrogen-bond donors (Lipinski definition) is 1. The standard InChI is InChI=1S/C14H14ClNO4S/c1-3-4-16-13(18)11(21-14(16)19)7-8-5-9(15)12(17)10(6-8)20-2/h5-7,17H,3-4H2,1-2H3/b11-7+. The van der Waals surface area contributed by atoms with Crippen molar-refractivity contribution >= 4 is 40.6 Å². The van der Waals surface area contributed by atoms with Gasteiger partial charge >= 0.3 is 0 Å². The van der Waals surface area contributed by atoms with E-state index in [0.717, 1.165) is 11.8 Å². The van der Waals surface area contributed by atoms with Crippen molar-refractivity contribution < 1.29 is 19.4 Å². The van der Waals surface area contributed by atoms with Crippen molar-refractivity contribution in [3.8, 4) is 11.5 Å². The maximum absolute atomic E-state index is 12.1. The molecule has 112 valence electrons. The highest BCUT2D eigenvalue weighted by Crippen LogP contribution is 2.37. The minimum absolute atomic E-state index is 0.119. The Morgan fingerprint density at radius 2 is 2.14 bits per heavy atom. The number of ether oxygens (including phenoxy) is 1. The normalized spacial score (nSPS) is 16.9. The van der Waals surface area contributed by atoms with E-state index in [4.69, 9.17) is 16.3 Å². The van der Waals surface area contributed by atoms with Gasteiger partial charge in [-0.15, -0.1) is 0 Å². The maximum atomic E-state index is 12.1. The van der Waals surface area contributed by atoms with Crippen LogP contribution in [0.15, 0.2) is 17.0 Å². The number of hydrogen-bond acceptors (Lipinski definition) is 5. The minimum Gasteiger partial charge on any atom is -0.503 e. The number of thioether (sulfide) groups is 1. The molecule has 1 aromatic carbocycles. The van der Waals surface area contributed by atoms with E-state index in [2.05, 4.69) is 0 Å². The van der Waals surface area contributed by atoms with Crippen molar-refractivity contribution in [3.63, 3.8) is 0 Å². The zero-order valence-corrected chi connectivity index (χ0v) is 13.1. The summed E-state index contributed by atoms with van der Waals surface area (Å²) in [4.78, 5) is 25.4. The Kier molecular flexibility index (Phi) is 4.80. The number of aromatic hydroxyl groups is 1. The van der Waals surface area contributed by atoms with Crippen molar-refractivity contribution in [2.75, 3.05) is 13.7 Å². The van der Waals surface area contributed by atoms with Crippen LogP contribution in [0, 0.1) is 0 Å². The molecule has 2 rings (SSSR count). The predicted octanol–water partition coefficient (Wildman–Crippen LogP) is 3.50. The van der Waals surface area contributed by atoms with Gasteiger partial charge in [-0.3, -0.25) is 14.5 Å². The third-order valence-electron chi connectivity index (χ3n) is 2.89. The highest BCUT2D eigenvalue weighted by Gasteiger charge is 2.34. The van der Waals surface area contributed by atoms with Gasteiger partial charge in [-0.05, 0) is 42.0 Å². The number of phenolic OH excluding ortho intramolecular Hbond substituents is 1. The second kappa shape index (κ2) is 6.41. The van der Waals surface area contributed by atoms with Gasteiger partial charge in [0, 0.05) is 6.54 Å². The lowest BCUT2D eigenvalue weighted by atomic mass is 10.2. The highest BCUT2D eigenvalue weighted by molar-refractivity contribution is 8.18. The predicted molar refractivity (Wildman–Crippen MR) is 82.6 cm³/mol. The molecule has 1 aliphatic heterocycles. The van der Waals surface area contributed by atoms with Crippen LogP contribution in [0.4, 0.5) is 4.79 Å². The number of benzene rings is 1. The fourth-order valence-electron chi connectivity index (χ4n) is 1.90. The van der Waals surface area contributed by atoms with Gasteiger partial charge in [0.2, 0.25) is 0 Å². The Bertz CT molecular complexity index is 630. The first-order valence-corrected chi connectivity index (χ1v) is 7.49. The topological polar surface area (TPSA) is 66.8 Å². The molecule has 0 unspecified atom stereocenters. The second-order valence-corrected chi connectivity index (χ2v) is 5.79. The third kappa shape index (κ3) is 3.16. The molecule has 21 heavy (non-hydrogen) atoms. The van der Waals surface area contributed by atoms with Crippen LogP contribution in [-0.2, 0) is 4.79 Å². The first kappa shape index (κ1) is 15.7. The summed E-state index contributed by atoms with van der Waals surface area (Å²) < 4.78 is 5.01. The molecule has 0 bridgehead atoms. The smallest absolute Gasteiger partial charge is 0.293 e. The van der Waals surface area contributed by atoms with Crippen LogP contribution in [0.3, 0.4) is 0 Å². The Morgan fingerprint density at radius 1 is 1.43 bits per heavy atom. The lowest BCUT2D eigenvalue weighted by Gasteiger charge is -2.09. The number of carbonyl (C=O) groups excluding carboxylic acids is 2. The van der Waals surface area contributed by atoms with E-state index >= 15 is 0 Å². The quantitative estimate of drug-likeness (QED) is 0.857. The van der Waals surface area contributed by atoms with Crippen molar-refractivity contribution in [1.82, 2.24) is 4.90 Å². The molecule has 0 radical (unpaired) electrons. The zero-order valence-electron chi connectivity index (χ0n) is 11.6. The van der Waals surface area contributed by atoms with E-state index in [1.54, 1.807) is 12.1 Å². The molecule has 1 saturated heterocycles. The number of halogens is 1. The van der Waals surface area contributed by atoms with Crippen LogP contribution in [0.1, 0.15) is 18.9 Å². The average molecular weight is 328 g/mol. The monoisotopic (exact) mass is 327 g/mol. The summed E-state index contributed by atoms with van der Waals surface area (Å²) in [5.74, 6) is -0.257. The van der Waals surface area contributed by atoms with Crippen molar-refractivity contribution in [2.24, 2.45) is 0 Å². The van der Waals surface area contributed by atoms with Crippen LogP contribution >= 0.6 is 23.4 Å². The van der Waals surface area contributed by atoms with E-state index in [1.807, 2.05) is 6.92 Å². The van der Waals surface area contributed by atoms with Crippen molar-refractivity contribution in [2.45, 2.75) is 13.3 Å². The fraction of sp³-hybridized carbons (Fsp3) is 0.286. The van der Waals surface area contributed by atoms with Crippen LogP contribution in [0.25, 0.3) is 6.08 Å². The summed E-state index contributed by atoms with van der Waals surface area (Å²) in [6.45, 7) is 2.30. The highest BCUT2D eigenvalue weighted by atomic mass is 35.5. The molecule has 0 atom stereocenters. The number of phenols is 1. The van der Waals surface area contributed by atoms with Crippen LogP contribution in [-0.4, -0.2) is 34.8 Å². The molecule has 0 aromatic heterocycles. The molecule has 0 spiro atoms. The average Bonchev–Trinajstić information content (AvgIpc) is 2.70. The summed E-state index contributed by atoms with van der Waals surface area (Å²) in [6.07, 6.45) is 2.28. The Balaban J connectivity index is 2.35.